The number of esters is 1. The molecule has 162 valence electrons. The minimum absolute atomic E-state index is 0.281. The highest BCUT2D eigenvalue weighted by Gasteiger charge is 2.49. The Labute approximate surface area is 176 Å². The van der Waals surface area contributed by atoms with Crippen LogP contribution in [-0.2, 0) is 41.7 Å². The molecule has 5 atom stereocenters. The molecule has 7 heteroatoms. The smallest absolute Gasteiger partial charge is 0.303 e. The first kappa shape index (κ1) is 22.4. The van der Waals surface area contributed by atoms with Crippen molar-refractivity contribution in [2.24, 2.45) is 0 Å². The molecule has 1 heterocycles. The summed E-state index contributed by atoms with van der Waals surface area (Å²) < 4.78 is 29.1. The highest BCUT2D eigenvalue weighted by molar-refractivity contribution is 5.66. The summed E-state index contributed by atoms with van der Waals surface area (Å²) in [4.78, 5) is 11.7. The maximum absolute atomic E-state index is 11.7. The molecule has 0 unspecified atom stereocenters. The quantitative estimate of drug-likeness (QED) is 0.629. The van der Waals surface area contributed by atoms with Gasteiger partial charge in [-0.05, 0) is 11.1 Å². The first-order valence-electron chi connectivity index (χ1n) is 9.89. The second-order valence-electron chi connectivity index (χ2n) is 7.06. The topological polar surface area (TPSA) is 83.5 Å². The second-order valence-corrected chi connectivity index (χ2v) is 7.06. The molecule has 0 aliphatic carbocycles. The number of aliphatic hydroxyl groups excluding tert-OH is 1. The lowest BCUT2D eigenvalue weighted by molar-refractivity contribution is -0.315. The molecule has 7 nitrogen and oxygen atoms in total. The number of carbonyl (C=O) groups excluding carboxylic acids is 1. The molecule has 0 amide bonds. The van der Waals surface area contributed by atoms with Crippen molar-refractivity contribution in [3.8, 4) is 0 Å². The van der Waals surface area contributed by atoms with Crippen molar-refractivity contribution in [1.29, 1.82) is 0 Å². The van der Waals surface area contributed by atoms with Crippen molar-refractivity contribution in [3.05, 3.63) is 71.8 Å². The monoisotopic (exact) mass is 416 g/mol. The van der Waals surface area contributed by atoms with Crippen molar-refractivity contribution in [2.45, 2.75) is 50.8 Å². The van der Waals surface area contributed by atoms with Gasteiger partial charge < -0.3 is 28.8 Å². The van der Waals surface area contributed by atoms with Crippen LogP contribution >= 0.6 is 0 Å². The fourth-order valence-electron chi connectivity index (χ4n) is 3.45. The summed E-state index contributed by atoms with van der Waals surface area (Å²) in [6, 6.07) is 19.3. The molecule has 1 fully saturated rings. The summed E-state index contributed by atoms with van der Waals surface area (Å²) in [7, 11) is 1.50. The Balaban J connectivity index is 1.83. The Bertz CT molecular complexity index is 768. The van der Waals surface area contributed by atoms with Gasteiger partial charge in [-0.3, -0.25) is 4.79 Å². The maximum atomic E-state index is 11.7. The summed E-state index contributed by atoms with van der Waals surface area (Å²) >= 11 is 0. The fraction of sp³-hybridized carbons (Fsp3) is 0.435. The summed E-state index contributed by atoms with van der Waals surface area (Å²) in [6.07, 6.45) is -3.81. The van der Waals surface area contributed by atoms with Gasteiger partial charge in [0.25, 0.3) is 0 Å². The van der Waals surface area contributed by atoms with Crippen LogP contribution in [0.4, 0.5) is 0 Å². The predicted molar refractivity (Wildman–Crippen MR) is 108 cm³/mol. The van der Waals surface area contributed by atoms with Crippen molar-refractivity contribution in [2.75, 3.05) is 13.7 Å². The number of aliphatic hydroxyl groups is 1. The number of methoxy groups -OCH3 is 1. The highest BCUT2D eigenvalue weighted by atomic mass is 16.7. The standard InChI is InChI=1S/C23H28O7/c1-16(25)29-20-19(13-24)30-23(26-2)22(28-15-18-11-7-4-8-12-18)21(20)27-14-17-9-5-3-6-10-17/h3-12,19-24H,13-15H2,1-2H3/t19-,20-,21+,22-,23+/m1/s1. The second kappa shape index (κ2) is 11.2. The van der Waals surface area contributed by atoms with Crippen LogP contribution in [0.25, 0.3) is 0 Å². The minimum Gasteiger partial charge on any atom is -0.457 e. The van der Waals surface area contributed by atoms with Crippen LogP contribution in [0, 0.1) is 0 Å². The fourth-order valence-corrected chi connectivity index (χ4v) is 3.45. The van der Waals surface area contributed by atoms with Crippen molar-refractivity contribution in [3.63, 3.8) is 0 Å². The normalized spacial score (nSPS) is 26.3. The van der Waals surface area contributed by atoms with Gasteiger partial charge in [-0.1, -0.05) is 60.7 Å². The van der Waals surface area contributed by atoms with E-state index in [0.717, 1.165) is 11.1 Å². The van der Waals surface area contributed by atoms with Gasteiger partial charge in [0.1, 0.15) is 18.3 Å². The molecule has 2 aromatic rings. The number of benzene rings is 2. The first-order valence-corrected chi connectivity index (χ1v) is 9.89. The summed E-state index contributed by atoms with van der Waals surface area (Å²) in [5.74, 6) is -0.493. The molecule has 1 aliphatic rings. The lowest BCUT2D eigenvalue weighted by Crippen LogP contribution is -2.61. The van der Waals surface area contributed by atoms with Crippen LogP contribution in [0.15, 0.2) is 60.7 Å². The number of rotatable bonds is 9. The SMILES string of the molecule is CO[C@H]1O[C@H](CO)[C@@H](OC(C)=O)[C@H](OCc2ccccc2)[C@H]1OCc1ccccc1. The van der Waals surface area contributed by atoms with Crippen molar-refractivity contribution >= 4 is 5.97 Å². The number of carbonyl (C=O) groups is 1. The molecule has 30 heavy (non-hydrogen) atoms. The summed E-state index contributed by atoms with van der Waals surface area (Å²) in [6.45, 7) is 1.54. The van der Waals surface area contributed by atoms with Gasteiger partial charge >= 0.3 is 5.97 Å². The zero-order chi connectivity index (χ0) is 21.3. The van der Waals surface area contributed by atoms with Crippen LogP contribution < -0.4 is 0 Å². The van der Waals surface area contributed by atoms with Crippen LogP contribution in [0.5, 0.6) is 0 Å². The van der Waals surface area contributed by atoms with E-state index in [1.807, 2.05) is 60.7 Å². The van der Waals surface area contributed by atoms with Gasteiger partial charge in [-0.15, -0.1) is 0 Å². The molecular formula is C23H28O7. The minimum atomic E-state index is -0.844. The zero-order valence-electron chi connectivity index (χ0n) is 17.2. The molecule has 0 spiro atoms. The Morgan fingerprint density at radius 1 is 0.900 bits per heavy atom. The number of hydrogen-bond acceptors (Lipinski definition) is 7. The molecule has 1 N–H and O–H groups in total. The molecule has 0 saturated carbocycles. The van der Waals surface area contributed by atoms with Gasteiger partial charge in [-0.2, -0.15) is 0 Å². The Morgan fingerprint density at radius 2 is 1.43 bits per heavy atom. The van der Waals surface area contributed by atoms with E-state index >= 15 is 0 Å². The van der Waals surface area contributed by atoms with E-state index in [0.29, 0.717) is 6.61 Å². The number of ether oxygens (including phenoxy) is 5. The maximum Gasteiger partial charge on any atom is 0.303 e. The Kier molecular flexibility index (Phi) is 8.36. The third-order valence-corrected chi connectivity index (χ3v) is 4.88. The molecule has 0 aromatic heterocycles. The van der Waals surface area contributed by atoms with E-state index in [-0.39, 0.29) is 13.2 Å². The Morgan fingerprint density at radius 3 is 1.90 bits per heavy atom. The third-order valence-electron chi connectivity index (χ3n) is 4.88. The lowest BCUT2D eigenvalue weighted by Gasteiger charge is -2.44. The lowest BCUT2D eigenvalue weighted by atomic mass is 9.98. The third kappa shape index (κ3) is 5.87. The van der Waals surface area contributed by atoms with Crippen molar-refractivity contribution < 1.29 is 33.6 Å². The van der Waals surface area contributed by atoms with Gasteiger partial charge in [0.05, 0.1) is 19.8 Å². The first-order chi connectivity index (χ1) is 14.6. The number of hydrogen-bond donors (Lipinski definition) is 1. The molecular weight excluding hydrogens is 388 g/mol. The van der Waals surface area contributed by atoms with Crippen LogP contribution in [0.2, 0.25) is 0 Å². The van der Waals surface area contributed by atoms with E-state index in [9.17, 15) is 9.90 Å². The van der Waals surface area contributed by atoms with E-state index < -0.39 is 36.7 Å². The van der Waals surface area contributed by atoms with E-state index in [1.54, 1.807) is 0 Å². The summed E-state index contributed by atoms with van der Waals surface area (Å²) in [5.41, 5.74) is 1.93. The van der Waals surface area contributed by atoms with Crippen molar-refractivity contribution in [1.82, 2.24) is 0 Å². The molecule has 0 radical (unpaired) electrons. The van der Waals surface area contributed by atoms with Gasteiger partial charge in [0.2, 0.25) is 0 Å². The molecule has 1 aliphatic heterocycles. The van der Waals surface area contributed by atoms with Gasteiger partial charge in [-0.25, -0.2) is 0 Å². The largest absolute Gasteiger partial charge is 0.457 e. The van der Waals surface area contributed by atoms with Crippen LogP contribution in [-0.4, -0.2) is 55.5 Å². The zero-order valence-corrected chi connectivity index (χ0v) is 17.2. The van der Waals surface area contributed by atoms with Gasteiger partial charge in [0.15, 0.2) is 12.4 Å². The molecule has 3 rings (SSSR count). The molecule has 0 bridgehead atoms. The Hall–Kier alpha value is -2.29. The average Bonchev–Trinajstić information content (AvgIpc) is 2.77. The highest BCUT2D eigenvalue weighted by Crippen LogP contribution is 2.30. The van der Waals surface area contributed by atoms with Gasteiger partial charge in [0, 0.05) is 14.0 Å². The van der Waals surface area contributed by atoms with E-state index in [1.165, 1.54) is 14.0 Å². The van der Waals surface area contributed by atoms with E-state index in [4.69, 9.17) is 23.7 Å². The molecule has 2 aromatic carbocycles. The summed E-state index contributed by atoms with van der Waals surface area (Å²) in [5, 5.41) is 9.82. The van der Waals surface area contributed by atoms with E-state index in [2.05, 4.69) is 0 Å². The van der Waals surface area contributed by atoms with Crippen LogP contribution in [0.1, 0.15) is 18.1 Å². The average molecular weight is 416 g/mol. The predicted octanol–water partition coefficient (Wildman–Crippen LogP) is 2.45. The van der Waals surface area contributed by atoms with Crippen LogP contribution in [0.3, 0.4) is 0 Å². The molecule has 1 saturated heterocycles.